The minimum absolute atomic E-state index is 0.335. The van der Waals surface area contributed by atoms with Gasteiger partial charge in [-0.15, -0.1) is 0 Å². The molecule has 94 valence electrons. The second-order valence-electron chi connectivity index (χ2n) is 7.06. The van der Waals surface area contributed by atoms with Gasteiger partial charge in [0.1, 0.15) is 0 Å². The lowest BCUT2D eigenvalue weighted by molar-refractivity contribution is -0.0600. The summed E-state index contributed by atoms with van der Waals surface area (Å²) >= 11 is 0. The van der Waals surface area contributed by atoms with E-state index in [-0.39, 0.29) is 5.60 Å². The van der Waals surface area contributed by atoms with Crippen LogP contribution in [0.2, 0.25) is 0 Å². The fourth-order valence-electron chi connectivity index (χ4n) is 5.61. The Hall–Kier alpha value is -0.300. The molecule has 4 aliphatic rings. The van der Waals surface area contributed by atoms with Crippen molar-refractivity contribution in [2.45, 2.75) is 57.0 Å². The Bertz CT molecular complexity index is 339. The molecule has 0 heterocycles. The van der Waals surface area contributed by atoms with Crippen molar-refractivity contribution in [1.82, 2.24) is 0 Å². The molecule has 1 N–H and O–H groups in total. The molecule has 2 unspecified atom stereocenters. The average molecular weight is 232 g/mol. The minimum atomic E-state index is -0.335. The summed E-state index contributed by atoms with van der Waals surface area (Å²) in [6, 6.07) is 0. The monoisotopic (exact) mass is 232 g/mol. The summed E-state index contributed by atoms with van der Waals surface area (Å²) in [6.45, 7) is 0. The first-order valence-electron chi connectivity index (χ1n) is 7.69. The van der Waals surface area contributed by atoms with Crippen LogP contribution in [0.4, 0.5) is 0 Å². The highest BCUT2D eigenvalue weighted by Crippen LogP contribution is 2.61. The third kappa shape index (κ3) is 1.41. The predicted molar refractivity (Wildman–Crippen MR) is 68.5 cm³/mol. The third-order valence-electron chi connectivity index (χ3n) is 6.34. The van der Waals surface area contributed by atoms with E-state index in [4.69, 9.17) is 0 Å². The highest BCUT2D eigenvalue weighted by atomic mass is 16.3. The van der Waals surface area contributed by atoms with Crippen molar-refractivity contribution in [3.8, 4) is 0 Å². The van der Waals surface area contributed by atoms with Gasteiger partial charge in [0.2, 0.25) is 0 Å². The summed E-state index contributed by atoms with van der Waals surface area (Å²) in [4.78, 5) is 0. The van der Waals surface area contributed by atoms with E-state index >= 15 is 0 Å². The van der Waals surface area contributed by atoms with Gasteiger partial charge in [-0.25, -0.2) is 0 Å². The molecular formula is C16H24O. The van der Waals surface area contributed by atoms with Crippen LogP contribution in [0.3, 0.4) is 0 Å². The molecule has 4 rings (SSSR count). The van der Waals surface area contributed by atoms with Crippen LogP contribution in [-0.2, 0) is 0 Å². The van der Waals surface area contributed by atoms with Crippen LogP contribution >= 0.6 is 0 Å². The number of aliphatic hydroxyl groups is 1. The molecule has 0 aromatic rings. The van der Waals surface area contributed by atoms with Crippen LogP contribution in [0.25, 0.3) is 0 Å². The number of hydrogen-bond donors (Lipinski definition) is 1. The van der Waals surface area contributed by atoms with Gasteiger partial charge in [0.05, 0.1) is 5.60 Å². The summed E-state index contributed by atoms with van der Waals surface area (Å²) in [6.07, 6.45) is 15.2. The number of hydrogen-bond acceptors (Lipinski definition) is 1. The zero-order valence-electron chi connectivity index (χ0n) is 10.6. The fraction of sp³-hybridized carbons (Fsp3) is 0.875. The van der Waals surface area contributed by atoms with E-state index in [1.807, 2.05) is 0 Å². The first-order chi connectivity index (χ1) is 8.28. The SMILES string of the molecule is OC1([C@H]2C=CC3C2[C@@H]2CC[C@H]3C2)CCCCC1. The topological polar surface area (TPSA) is 20.2 Å². The van der Waals surface area contributed by atoms with E-state index < -0.39 is 0 Å². The normalized spacial score (nSPS) is 50.8. The Kier molecular flexibility index (Phi) is 2.25. The molecule has 0 spiro atoms. The predicted octanol–water partition coefficient (Wildman–Crippen LogP) is 3.53. The molecule has 17 heavy (non-hydrogen) atoms. The van der Waals surface area contributed by atoms with Crippen LogP contribution in [0.1, 0.15) is 51.4 Å². The maximum atomic E-state index is 11.0. The molecule has 0 aliphatic heterocycles. The van der Waals surface area contributed by atoms with E-state index in [0.29, 0.717) is 5.92 Å². The molecule has 0 aromatic heterocycles. The largest absolute Gasteiger partial charge is 0.389 e. The summed E-state index contributed by atoms with van der Waals surface area (Å²) in [5.74, 6) is 4.07. The Balaban J connectivity index is 1.61. The van der Waals surface area contributed by atoms with E-state index in [1.165, 1.54) is 38.5 Å². The van der Waals surface area contributed by atoms with Gasteiger partial charge in [0.15, 0.2) is 0 Å². The van der Waals surface area contributed by atoms with E-state index in [2.05, 4.69) is 12.2 Å². The van der Waals surface area contributed by atoms with Crippen molar-refractivity contribution in [2.75, 3.05) is 0 Å². The first kappa shape index (κ1) is 10.6. The van der Waals surface area contributed by atoms with Gasteiger partial charge in [-0.3, -0.25) is 0 Å². The molecule has 0 aromatic carbocycles. The lowest BCUT2D eigenvalue weighted by Gasteiger charge is -2.42. The highest BCUT2D eigenvalue weighted by molar-refractivity contribution is 5.20. The Morgan fingerprint density at radius 3 is 2.53 bits per heavy atom. The van der Waals surface area contributed by atoms with Gasteiger partial charge in [-0.2, -0.15) is 0 Å². The van der Waals surface area contributed by atoms with Crippen molar-refractivity contribution in [1.29, 1.82) is 0 Å². The van der Waals surface area contributed by atoms with Gasteiger partial charge in [0, 0.05) is 5.92 Å². The molecule has 1 nitrogen and oxygen atoms in total. The zero-order chi connectivity index (χ0) is 11.5. The second-order valence-corrected chi connectivity index (χ2v) is 7.06. The second kappa shape index (κ2) is 3.60. The van der Waals surface area contributed by atoms with Crippen LogP contribution in [0.15, 0.2) is 12.2 Å². The van der Waals surface area contributed by atoms with E-state index in [0.717, 1.165) is 36.5 Å². The lowest BCUT2D eigenvalue weighted by Crippen LogP contribution is -2.43. The van der Waals surface area contributed by atoms with Crippen molar-refractivity contribution < 1.29 is 5.11 Å². The molecule has 3 saturated carbocycles. The summed E-state index contributed by atoms with van der Waals surface area (Å²) < 4.78 is 0. The van der Waals surface area contributed by atoms with Gasteiger partial charge in [-0.05, 0) is 55.8 Å². The molecule has 0 radical (unpaired) electrons. The Morgan fingerprint density at radius 1 is 0.941 bits per heavy atom. The molecule has 5 atom stereocenters. The number of rotatable bonds is 1. The van der Waals surface area contributed by atoms with E-state index in [9.17, 15) is 5.11 Å². The highest BCUT2D eigenvalue weighted by Gasteiger charge is 2.55. The van der Waals surface area contributed by atoms with Crippen molar-refractivity contribution in [3.63, 3.8) is 0 Å². The molecule has 1 heteroatoms. The van der Waals surface area contributed by atoms with Gasteiger partial charge >= 0.3 is 0 Å². The van der Waals surface area contributed by atoms with E-state index in [1.54, 1.807) is 0 Å². The van der Waals surface area contributed by atoms with Crippen molar-refractivity contribution >= 4 is 0 Å². The van der Waals surface area contributed by atoms with Gasteiger partial charge in [-0.1, -0.05) is 31.4 Å². The zero-order valence-corrected chi connectivity index (χ0v) is 10.6. The molecule has 0 saturated heterocycles. The van der Waals surface area contributed by atoms with Crippen molar-refractivity contribution in [2.24, 2.45) is 29.6 Å². The molecule has 0 amide bonds. The quantitative estimate of drug-likeness (QED) is 0.686. The Morgan fingerprint density at radius 2 is 1.71 bits per heavy atom. The summed E-state index contributed by atoms with van der Waals surface area (Å²) in [5.41, 5.74) is -0.335. The summed E-state index contributed by atoms with van der Waals surface area (Å²) in [5, 5.41) is 11.0. The maximum Gasteiger partial charge on any atom is 0.0713 e. The average Bonchev–Trinajstić information content (AvgIpc) is 3.03. The standard InChI is InChI=1S/C16H24O/c17-16(8-2-1-3-9-16)14-7-6-13-11-4-5-12(10-11)15(13)14/h6-7,11-15,17H,1-5,8-10H2/t11-,12+,13?,14-,15?/m0/s1. The number of allylic oxidation sites excluding steroid dienone is 1. The van der Waals surface area contributed by atoms with Gasteiger partial charge < -0.3 is 5.11 Å². The van der Waals surface area contributed by atoms with Crippen LogP contribution in [-0.4, -0.2) is 10.7 Å². The van der Waals surface area contributed by atoms with Crippen LogP contribution in [0.5, 0.6) is 0 Å². The molecule has 4 aliphatic carbocycles. The maximum absolute atomic E-state index is 11.0. The van der Waals surface area contributed by atoms with Crippen LogP contribution in [0, 0.1) is 29.6 Å². The van der Waals surface area contributed by atoms with Crippen molar-refractivity contribution in [3.05, 3.63) is 12.2 Å². The lowest BCUT2D eigenvalue weighted by atomic mass is 9.67. The summed E-state index contributed by atoms with van der Waals surface area (Å²) in [7, 11) is 0. The molecular weight excluding hydrogens is 208 g/mol. The van der Waals surface area contributed by atoms with Gasteiger partial charge in [0.25, 0.3) is 0 Å². The third-order valence-corrected chi connectivity index (χ3v) is 6.34. The molecule has 3 fully saturated rings. The smallest absolute Gasteiger partial charge is 0.0713 e. The fourth-order valence-corrected chi connectivity index (χ4v) is 5.61. The van der Waals surface area contributed by atoms with Crippen LogP contribution < -0.4 is 0 Å². The number of fused-ring (bicyclic) bond motifs is 5. The minimum Gasteiger partial charge on any atom is -0.389 e. The first-order valence-corrected chi connectivity index (χ1v) is 7.69. The Labute approximate surface area is 104 Å². The molecule has 2 bridgehead atoms.